The molecular weight excluding hydrogens is 292 g/mol. The molecule has 1 atom stereocenters. The lowest BCUT2D eigenvalue weighted by Crippen LogP contribution is -2.37. The van der Waals surface area contributed by atoms with Crippen molar-refractivity contribution in [2.75, 3.05) is 13.7 Å². The number of amides is 1. The summed E-state index contributed by atoms with van der Waals surface area (Å²) in [5.74, 6) is -4.20. The van der Waals surface area contributed by atoms with Crippen LogP contribution in [-0.2, 0) is 9.53 Å². The maximum absolute atomic E-state index is 12.1. The Morgan fingerprint density at radius 3 is 2.40 bits per heavy atom. The van der Waals surface area contributed by atoms with Gasteiger partial charge in [-0.05, 0) is 24.3 Å². The van der Waals surface area contributed by atoms with Crippen molar-refractivity contribution < 1.29 is 28.2 Å². The fourth-order valence-electron chi connectivity index (χ4n) is 1.35. The first-order valence-corrected chi connectivity index (χ1v) is 6.40. The molecule has 0 aliphatic carbocycles. The van der Waals surface area contributed by atoms with Gasteiger partial charge in [-0.2, -0.15) is 8.78 Å². The van der Waals surface area contributed by atoms with Crippen molar-refractivity contribution in [3.8, 4) is 0 Å². The smallest absolute Gasteiger partial charge is 0.334 e. The van der Waals surface area contributed by atoms with Crippen LogP contribution in [0.2, 0.25) is 0 Å². The fourth-order valence-corrected chi connectivity index (χ4v) is 1.85. The number of carboxylic acid groups (broad SMARTS) is 1. The van der Waals surface area contributed by atoms with E-state index < -0.39 is 23.7 Å². The summed E-state index contributed by atoms with van der Waals surface area (Å²) in [6.45, 7) is -0.182. The van der Waals surface area contributed by atoms with Crippen LogP contribution in [0, 0.1) is 0 Å². The maximum Gasteiger partial charge on any atom is 0.334 e. The number of carbonyl (C=O) groups excluding carboxylic acids is 1. The number of rotatable bonds is 7. The highest BCUT2D eigenvalue weighted by Gasteiger charge is 2.17. The lowest BCUT2D eigenvalue weighted by atomic mass is 10.2. The topological polar surface area (TPSA) is 75.6 Å². The molecule has 0 spiro atoms. The molecule has 0 aliphatic rings. The van der Waals surface area contributed by atoms with E-state index >= 15 is 0 Å². The minimum Gasteiger partial charge on any atom is -0.479 e. The average Bonchev–Trinajstić information content (AvgIpc) is 2.39. The lowest BCUT2D eigenvalue weighted by molar-refractivity contribution is -0.148. The van der Waals surface area contributed by atoms with E-state index in [0.29, 0.717) is 16.7 Å². The van der Waals surface area contributed by atoms with Crippen molar-refractivity contribution in [1.82, 2.24) is 5.32 Å². The number of ether oxygens (including phenoxy) is 1. The van der Waals surface area contributed by atoms with Crippen LogP contribution in [0.4, 0.5) is 8.78 Å². The zero-order chi connectivity index (χ0) is 15.1. The molecule has 0 aliphatic heterocycles. The van der Waals surface area contributed by atoms with Crippen molar-refractivity contribution in [1.29, 1.82) is 0 Å². The van der Waals surface area contributed by atoms with Crippen LogP contribution in [0.25, 0.3) is 0 Å². The van der Waals surface area contributed by atoms with Gasteiger partial charge in [0.25, 0.3) is 11.7 Å². The van der Waals surface area contributed by atoms with E-state index in [1.807, 2.05) is 0 Å². The van der Waals surface area contributed by atoms with E-state index in [-0.39, 0.29) is 12.1 Å². The summed E-state index contributed by atoms with van der Waals surface area (Å²) in [4.78, 5) is 22.7. The van der Waals surface area contributed by atoms with Crippen molar-refractivity contribution in [2.24, 2.45) is 0 Å². The number of aliphatic carboxylic acids is 1. The molecule has 1 amide bonds. The van der Waals surface area contributed by atoms with Gasteiger partial charge in [0.2, 0.25) is 0 Å². The molecule has 0 heterocycles. The second-order valence-electron chi connectivity index (χ2n) is 3.68. The van der Waals surface area contributed by atoms with Crippen LogP contribution in [0.15, 0.2) is 29.2 Å². The highest BCUT2D eigenvalue weighted by atomic mass is 32.2. The quantitative estimate of drug-likeness (QED) is 0.752. The van der Waals surface area contributed by atoms with E-state index in [4.69, 9.17) is 5.11 Å². The number of hydrogen-bond donors (Lipinski definition) is 2. The molecule has 5 nitrogen and oxygen atoms in total. The van der Waals surface area contributed by atoms with Gasteiger partial charge in [-0.15, -0.1) is 0 Å². The normalized spacial score (nSPS) is 12.2. The predicted molar refractivity (Wildman–Crippen MR) is 69.1 cm³/mol. The van der Waals surface area contributed by atoms with Gasteiger partial charge in [0.05, 0.1) is 6.54 Å². The lowest BCUT2D eigenvalue weighted by Gasteiger charge is -2.11. The number of hydrogen-bond acceptors (Lipinski definition) is 4. The summed E-state index contributed by atoms with van der Waals surface area (Å²) in [7, 11) is 1.22. The third kappa shape index (κ3) is 5.14. The van der Waals surface area contributed by atoms with Gasteiger partial charge < -0.3 is 15.2 Å². The number of nitrogens with one attached hydrogen (secondary N) is 1. The van der Waals surface area contributed by atoms with E-state index in [1.165, 1.54) is 31.4 Å². The Morgan fingerprint density at radius 2 is 1.95 bits per heavy atom. The SMILES string of the molecule is COC(CNC(=O)c1ccc(SC(F)F)cc1)C(=O)O. The molecule has 0 bridgehead atoms. The third-order valence-electron chi connectivity index (χ3n) is 2.35. The molecule has 2 N–H and O–H groups in total. The third-order valence-corrected chi connectivity index (χ3v) is 3.07. The molecular formula is C12H13F2NO4S. The standard InChI is InChI=1S/C12H13F2NO4S/c1-19-9(11(17)18)6-15-10(16)7-2-4-8(5-3-7)20-12(13)14/h2-5,9,12H,6H2,1H3,(H,15,16)(H,17,18). The van der Waals surface area contributed by atoms with Gasteiger partial charge in [0, 0.05) is 17.6 Å². The van der Waals surface area contributed by atoms with E-state index in [0.717, 1.165) is 0 Å². The Kier molecular flexibility index (Phi) is 6.40. The van der Waals surface area contributed by atoms with Crippen molar-refractivity contribution in [3.63, 3.8) is 0 Å². The zero-order valence-corrected chi connectivity index (χ0v) is 11.3. The number of methoxy groups -OCH3 is 1. The second-order valence-corrected chi connectivity index (χ2v) is 4.74. The number of thioether (sulfide) groups is 1. The summed E-state index contributed by atoms with van der Waals surface area (Å²) in [6, 6.07) is 5.58. The largest absolute Gasteiger partial charge is 0.479 e. The number of carbonyl (C=O) groups is 2. The molecule has 110 valence electrons. The number of halogens is 2. The fraction of sp³-hybridized carbons (Fsp3) is 0.333. The molecule has 1 unspecified atom stereocenters. The summed E-state index contributed by atoms with van der Waals surface area (Å²) in [5, 5.41) is 11.1. The first kappa shape index (κ1) is 16.4. The minimum absolute atomic E-state index is 0.182. The highest BCUT2D eigenvalue weighted by Crippen LogP contribution is 2.25. The van der Waals surface area contributed by atoms with Crippen LogP contribution in [0.1, 0.15) is 10.4 Å². The van der Waals surface area contributed by atoms with Crippen LogP contribution in [0.5, 0.6) is 0 Å². The number of carboxylic acids is 1. The Balaban J connectivity index is 2.57. The summed E-state index contributed by atoms with van der Waals surface area (Å²) >= 11 is 0.382. The van der Waals surface area contributed by atoms with Gasteiger partial charge in [0.1, 0.15) is 0 Å². The molecule has 1 rings (SSSR count). The molecule has 8 heteroatoms. The van der Waals surface area contributed by atoms with Crippen LogP contribution in [0.3, 0.4) is 0 Å². The first-order valence-electron chi connectivity index (χ1n) is 5.52. The van der Waals surface area contributed by atoms with E-state index in [9.17, 15) is 18.4 Å². The molecule has 1 aromatic carbocycles. The van der Waals surface area contributed by atoms with Crippen molar-refractivity contribution >= 4 is 23.6 Å². The van der Waals surface area contributed by atoms with Crippen LogP contribution >= 0.6 is 11.8 Å². The molecule has 0 aromatic heterocycles. The first-order chi connectivity index (χ1) is 9.43. The number of benzene rings is 1. The Morgan fingerprint density at radius 1 is 1.35 bits per heavy atom. The Bertz CT molecular complexity index is 467. The van der Waals surface area contributed by atoms with Gasteiger partial charge in [-0.3, -0.25) is 4.79 Å². The van der Waals surface area contributed by atoms with Gasteiger partial charge >= 0.3 is 5.97 Å². The molecule has 1 aromatic rings. The van der Waals surface area contributed by atoms with Gasteiger partial charge in [-0.1, -0.05) is 11.8 Å². The predicted octanol–water partition coefficient (Wildman–Crippen LogP) is 1.83. The second kappa shape index (κ2) is 7.81. The van der Waals surface area contributed by atoms with Crippen molar-refractivity contribution in [2.45, 2.75) is 16.8 Å². The summed E-state index contributed by atoms with van der Waals surface area (Å²) in [5.41, 5.74) is 0.254. The monoisotopic (exact) mass is 305 g/mol. The summed E-state index contributed by atoms with van der Waals surface area (Å²) in [6.07, 6.45) is -1.13. The van der Waals surface area contributed by atoms with Gasteiger partial charge in [0.15, 0.2) is 6.10 Å². The van der Waals surface area contributed by atoms with E-state index in [2.05, 4.69) is 10.1 Å². The molecule has 0 fully saturated rings. The van der Waals surface area contributed by atoms with Crippen LogP contribution < -0.4 is 5.32 Å². The van der Waals surface area contributed by atoms with Gasteiger partial charge in [-0.25, -0.2) is 4.79 Å². The molecule has 0 radical (unpaired) electrons. The Hall–Kier alpha value is -1.67. The average molecular weight is 305 g/mol. The summed E-state index contributed by atoms with van der Waals surface area (Å²) < 4.78 is 28.9. The number of alkyl halides is 2. The minimum atomic E-state index is -2.52. The maximum atomic E-state index is 12.1. The van der Waals surface area contributed by atoms with Crippen molar-refractivity contribution in [3.05, 3.63) is 29.8 Å². The van der Waals surface area contributed by atoms with E-state index in [1.54, 1.807) is 0 Å². The highest BCUT2D eigenvalue weighted by molar-refractivity contribution is 7.99. The molecule has 0 saturated heterocycles. The zero-order valence-electron chi connectivity index (χ0n) is 10.5. The molecule has 0 saturated carbocycles. The van der Waals surface area contributed by atoms with Crippen LogP contribution in [-0.4, -0.2) is 42.5 Å². The Labute approximate surface area is 118 Å². The molecule has 20 heavy (non-hydrogen) atoms.